The standard InChI is InChI=1S/C12H17NO4/c1-12(2)7-8(5-6-16-12)13-10-4-3-9(17-10)11(14)15/h3-4,8,13H,5-7H2,1-2H3,(H,14,15). The fraction of sp³-hybridized carbons (Fsp3) is 0.583. The first-order chi connectivity index (χ1) is 7.96. The van der Waals surface area contributed by atoms with Crippen LogP contribution in [0.4, 0.5) is 5.88 Å². The van der Waals surface area contributed by atoms with E-state index in [0.717, 1.165) is 12.8 Å². The Bertz CT molecular complexity index is 410. The van der Waals surface area contributed by atoms with Crippen molar-refractivity contribution in [3.8, 4) is 0 Å². The number of carboxylic acid groups (broad SMARTS) is 1. The quantitative estimate of drug-likeness (QED) is 0.847. The van der Waals surface area contributed by atoms with Gasteiger partial charge in [-0.1, -0.05) is 0 Å². The fourth-order valence-electron chi connectivity index (χ4n) is 2.09. The average molecular weight is 239 g/mol. The van der Waals surface area contributed by atoms with E-state index in [2.05, 4.69) is 5.32 Å². The summed E-state index contributed by atoms with van der Waals surface area (Å²) in [5, 5.41) is 11.9. The number of ether oxygens (including phenoxy) is 1. The monoisotopic (exact) mass is 239 g/mol. The number of rotatable bonds is 3. The SMILES string of the molecule is CC1(C)CC(Nc2ccc(C(=O)O)o2)CCO1. The Kier molecular flexibility index (Phi) is 3.11. The molecule has 2 N–H and O–H groups in total. The van der Waals surface area contributed by atoms with Crippen LogP contribution >= 0.6 is 0 Å². The minimum atomic E-state index is -1.05. The summed E-state index contributed by atoms with van der Waals surface area (Å²) in [7, 11) is 0. The Balaban J connectivity index is 1.98. The molecular weight excluding hydrogens is 222 g/mol. The number of nitrogens with one attached hydrogen (secondary N) is 1. The number of carboxylic acids is 1. The van der Waals surface area contributed by atoms with Gasteiger partial charge in [0, 0.05) is 18.7 Å². The second-order valence-corrected chi connectivity index (χ2v) is 4.91. The molecule has 1 saturated heterocycles. The van der Waals surface area contributed by atoms with Crippen LogP contribution in [0.2, 0.25) is 0 Å². The van der Waals surface area contributed by atoms with E-state index in [1.54, 1.807) is 6.07 Å². The molecular formula is C12H17NO4. The molecule has 1 aromatic heterocycles. The highest BCUT2D eigenvalue weighted by Crippen LogP contribution is 2.26. The van der Waals surface area contributed by atoms with Crippen LogP contribution in [0.1, 0.15) is 37.2 Å². The van der Waals surface area contributed by atoms with Crippen molar-refractivity contribution in [1.29, 1.82) is 0 Å². The summed E-state index contributed by atoms with van der Waals surface area (Å²) in [6, 6.07) is 3.35. The lowest BCUT2D eigenvalue weighted by molar-refractivity contribution is -0.0555. The van der Waals surface area contributed by atoms with E-state index in [4.69, 9.17) is 14.3 Å². The highest BCUT2D eigenvalue weighted by atomic mass is 16.5. The molecule has 2 rings (SSSR count). The first-order valence-electron chi connectivity index (χ1n) is 5.70. The molecule has 0 aliphatic carbocycles. The van der Waals surface area contributed by atoms with Crippen LogP contribution in [0, 0.1) is 0 Å². The molecule has 0 amide bonds. The third-order valence-electron chi connectivity index (χ3n) is 2.86. The summed E-state index contributed by atoms with van der Waals surface area (Å²) in [5.74, 6) is -0.589. The molecule has 0 aromatic carbocycles. The van der Waals surface area contributed by atoms with E-state index < -0.39 is 5.97 Å². The second kappa shape index (κ2) is 4.41. The summed E-state index contributed by atoms with van der Waals surface area (Å²) < 4.78 is 10.8. The van der Waals surface area contributed by atoms with E-state index in [0.29, 0.717) is 12.5 Å². The van der Waals surface area contributed by atoms with Gasteiger partial charge in [0.05, 0.1) is 5.60 Å². The van der Waals surface area contributed by atoms with Crippen LogP contribution in [-0.4, -0.2) is 29.3 Å². The van der Waals surface area contributed by atoms with E-state index >= 15 is 0 Å². The van der Waals surface area contributed by atoms with Gasteiger partial charge in [-0.3, -0.25) is 0 Å². The molecule has 0 radical (unpaired) electrons. The molecule has 1 aliphatic rings. The summed E-state index contributed by atoms with van der Waals surface area (Å²) in [5.41, 5.74) is -0.141. The topological polar surface area (TPSA) is 71.7 Å². The number of aromatic carboxylic acids is 1. The van der Waals surface area contributed by atoms with Gasteiger partial charge in [0.2, 0.25) is 5.76 Å². The predicted molar refractivity (Wildman–Crippen MR) is 62.3 cm³/mol. The minimum Gasteiger partial charge on any atom is -0.475 e. The van der Waals surface area contributed by atoms with Crippen LogP contribution in [0.15, 0.2) is 16.5 Å². The van der Waals surface area contributed by atoms with Gasteiger partial charge in [0.1, 0.15) is 0 Å². The van der Waals surface area contributed by atoms with Gasteiger partial charge < -0.3 is 19.6 Å². The molecule has 5 heteroatoms. The van der Waals surface area contributed by atoms with E-state index in [-0.39, 0.29) is 17.4 Å². The van der Waals surface area contributed by atoms with Gasteiger partial charge in [-0.05, 0) is 32.8 Å². The normalized spacial score (nSPS) is 23.3. The fourth-order valence-corrected chi connectivity index (χ4v) is 2.09. The van der Waals surface area contributed by atoms with E-state index in [1.807, 2.05) is 13.8 Å². The molecule has 17 heavy (non-hydrogen) atoms. The number of anilines is 1. The largest absolute Gasteiger partial charge is 0.475 e. The molecule has 1 fully saturated rings. The van der Waals surface area contributed by atoms with Crippen molar-refractivity contribution < 1.29 is 19.1 Å². The van der Waals surface area contributed by atoms with E-state index in [9.17, 15) is 4.79 Å². The van der Waals surface area contributed by atoms with E-state index in [1.165, 1.54) is 6.07 Å². The van der Waals surface area contributed by atoms with Crippen molar-refractivity contribution in [2.45, 2.75) is 38.3 Å². The zero-order valence-electron chi connectivity index (χ0n) is 10.0. The Morgan fingerprint density at radius 3 is 2.88 bits per heavy atom. The minimum absolute atomic E-state index is 0.0428. The molecule has 0 bridgehead atoms. The Labute approximate surface area is 99.8 Å². The molecule has 1 aliphatic heterocycles. The highest BCUT2D eigenvalue weighted by Gasteiger charge is 2.29. The average Bonchev–Trinajstić information content (AvgIpc) is 2.64. The number of furan rings is 1. The second-order valence-electron chi connectivity index (χ2n) is 4.91. The lowest BCUT2D eigenvalue weighted by Gasteiger charge is -2.35. The lowest BCUT2D eigenvalue weighted by Crippen LogP contribution is -2.40. The zero-order chi connectivity index (χ0) is 12.5. The number of hydrogen-bond donors (Lipinski definition) is 2. The Morgan fingerprint density at radius 1 is 1.53 bits per heavy atom. The number of hydrogen-bond acceptors (Lipinski definition) is 4. The van der Waals surface area contributed by atoms with Gasteiger partial charge in [0.25, 0.3) is 0 Å². The summed E-state index contributed by atoms with van der Waals surface area (Å²) in [6.45, 7) is 4.80. The molecule has 2 heterocycles. The molecule has 1 unspecified atom stereocenters. The van der Waals surface area contributed by atoms with Gasteiger partial charge in [-0.25, -0.2) is 4.79 Å². The van der Waals surface area contributed by atoms with Crippen molar-refractivity contribution in [3.05, 3.63) is 17.9 Å². The van der Waals surface area contributed by atoms with Gasteiger partial charge >= 0.3 is 5.97 Å². The molecule has 94 valence electrons. The Hall–Kier alpha value is -1.49. The smallest absolute Gasteiger partial charge is 0.371 e. The zero-order valence-corrected chi connectivity index (χ0v) is 10.0. The summed E-state index contributed by atoms with van der Waals surface area (Å²) in [6.07, 6.45) is 1.77. The third kappa shape index (κ3) is 3.00. The molecule has 1 aromatic rings. The molecule has 5 nitrogen and oxygen atoms in total. The maximum atomic E-state index is 10.7. The van der Waals surface area contributed by atoms with Crippen molar-refractivity contribution >= 4 is 11.9 Å². The summed E-state index contributed by atoms with van der Waals surface area (Å²) in [4.78, 5) is 10.7. The van der Waals surface area contributed by atoms with Crippen molar-refractivity contribution in [2.24, 2.45) is 0 Å². The van der Waals surface area contributed by atoms with Crippen molar-refractivity contribution in [3.63, 3.8) is 0 Å². The van der Waals surface area contributed by atoms with Gasteiger partial charge in [0.15, 0.2) is 5.88 Å². The molecule has 0 spiro atoms. The Morgan fingerprint density at radius 2 is 2.29 bits per heavy atom. The number of carbonyl (C=O) groups is 1. The van der Waals surface area contributed by atoms with Crippen LogP contribution in [0.3, 0.4) is 0 Å². The summed E-state index contributed by atoms with van der Waals surface area (Å²) >= 11 is 0. The van der Waals surface area contributed by atoms with Gasteiger partial charge in [-0.2, -0.15) is 0 Å². The highest BCUT2D eigenvalue weighted by molar-refractivity contribution is 5.84. The van der Waals surface area contributed by atoms with Crippen molar-refractivity contribution in [2.75, 3.05) is 11.9 Å². The third-order valence-corrected chi connectivity index (χ3v) is 2.86. The van der Waals surface area contributed by atoms with Crippen molar-refractivity contribution in [1.82, 2.24) is 0 Å². The van der Waals surface area contributed by atoms with Crippen LogP contribution in [0.5, 0.6) is 0 Å². The maximum absolute atomic E-state index is 10.7. The maximum Gasteiger partial charge on any atom is 0.371 e. The van der Waals surface area contributed by atoms with Gasteiger partial charge in [-0.15, -0.1) is 0 Å². The lowest BCUT2D eigenvalue weighted by atomic mass is 9.94. The van der Waals surface area contributed by atoms with Crippen LogP contribution in [0.25, 0.3) is 0 Å². The van der Waals surface area contributed by atoms with Crippen LogP contribution in [-0.2, 0) is 4.74 Å². The predicted octanol–water partition coefficient (Wildman–Crippen LogP) is 2.35. The first-order valence-corrected chi connectivity index (χ1v) is 5.70. The first kappa shape index (κ1) is 12.0. The molecule has 1 atom stereocenters. The van der Waals surface area contributed by atoms with Crippen LogP contribution < -0.4 is 5.32 Å². The molecule has 0 saturated carbocycles.